The van der Waals surface area contributed by atoms with Crippen LogP contribution >= 0.6 is 0 Å². The van der Waals surface area contributed by atoms with Crippen molar-refractivity contribution in [3.63, 3.8) is 0 Å². The van der Waals surface area contributed by atoms with Gasteiger partial charge in [0.15, 0.2) is 0 Å². The number of allylic oxidation sites excluding steroid dienone is 1. The molecule has 32 heavy (non-hydrogen) atoms. The first-order valence-electron chi connectivity index (χ1n) is 12.4. The second-order valence-corrected chi connectivity index (χ2v) is 10.5. The molecule has 1 aromatic rings. The van der Waals surface area contributed by atoms with Crippen LogP contribution in [0.3, 0.4) is 0 Å². The van der Waals surface area contributed by atoms with Gasteiger partial charge >= 0.3 is 6.18 Å². The second kappa shape index (κ2) is 10.3. The van der Waals surface area contributed by atoms with Crippen LogP contribution in [0, 0.1) is 17.8 Å². The SMILES string of the molecule is CC1CCC(C2CCC(c3ccc(C4CCC(/C(F)=C/C(F)(F)F)OC4)cc3)CC2)CC1. The third-order valence-electron chi connectivity index (χ3n) is 8.26. The van der Waals surface area contributed by atoms with Gasteiger partial charge in [0.05, 0.1) is 12.7 Å². The van der Waals surface area contributed by atoms with Crippen LogP contribution in [-0.2, 0) is 4.74 Å². The Morgan fingerprint density at radius 2 is 1.28 bits per heavy atom. The second-order valence-electron chi connectivity index (χ2n) is 10.5. The minimum Gasteiger partial charge on any atom is -0.370 e. The maximum absolute atomic E-state index is 13.8. The van der Waals surface area contributed by atoms with Crippen molar-refractivity contribution in [1.29, 1.82) is 0 Å². The summed E-state index contributed by atoms with van der Waals surface area (Å²) in [6.45, 7) is 2.64. The highest BCUT2D eigenvalue weighted by atomic mass is 19.4. The van der Waals surface area contributed by atoms with Crippen LogP contribution in [0.2, 0.25) is 0 Å². The minimum atomic E-state index is -4.64. The number of halogens is 4. The highest BCUT2D eigenvalue weighted by Gasteiger charge is 2.32. The molecule has 2 atom stereocenters. The van der Waals surface area contributed by atoms with Crippen molar-refractivity contribution in [2.24, 2.45) is 17.8 Å². The Morgan fingerprint density at radius 3 is 1.78 bits per heavy atom. The molecular weight excluding hydrogens is 416 g/mol. The third kappa shape index (κ3) is 6.15. The summed E-state index contributed by atoms with van der Waals surface area (Å²) in [6, 6.07) is 8.72. The summed E-state index contributed by atoms with van der Waals surface area (Å²) in [4.78, 5) is 0. The van der Waals surface area contributed by atoms with Crippen LogP contribution < -0.4 is 0 Å². The minimum absolute atomic E-state index is 0.114. The number of hydrogen-bond acceptors (Lipinski definition) is 1. The maximum Gasteiger partial charge on any atom is 0.412 e. The van der Waals surface area contributed by atoms with Crippen LogP contribution in [0.5, 0.6) is 0 Å². The Kier molecular flexibility index (Phi) is 7.64. The van der Waals surface area contributed by atoms with Crippen molar-refractivity contribution in [2.75, 3.05) is 6.61 Å². The van der Waals surface area contributed by atoms with Crippen molar-refractivity contribution >= 4 is 0 Å². The smallest absolute Gasteiger partial charge is 0.370 e. The summed E-state index contributed by atoms with van der Waals surface area (Å²) in [5.41, 5.74) is 2.54. The molecule has 1 aromatic carbocycles. The van der Waals surface area contributed by atoms with Gasteiger partial charge in [-0.05, 0) is 86.2 Å². The third-order valence-corrected chi connectivity index (χ3v) is 8.26. The number of benzene rings is 1. The molecule has 1 saturated heterocycles. The Labute approximate surface area is 189 Å². The lowest BCUT2D eigenvalue weighted by Gasteiger charge is -2.37. The van der Waals surface area contributed by atoms with Gasteiger partial charge in [-0.1, -0.05) is 44.0 Å². The fourth-order valence-electron chi connectivity index (χ4n) is 6.20. The number of ether oxygens (including phenoxy) is 1. The van der Waals surface area contributed by atoms with E-state index in [-0.39, 0.29) is 25.0 Å². The Bertz CT molecular complexity index is 745. The number of alkyl halides is 3. The Hall–Kier alpha value is -1.36. The monoisotopic (exact) mass is 452 g/mol. The van der Waals surface area contributed by atoms with E-state index in [4.69, 9.17) is 4.74 Å². The van der Waals surface area contributed by atoms with E-state index in [0.717, 1.165) is 23.3 Å². The lowest BCUT2D eigenvalue weighted by Crippen LogP contribution is -2.26. The van der Waals surface area contributed by atoms with Gasteiger partial charge in [-0.2, -0.15) is 13.2 Å². The molecule has 5 heteroatoms. The molecule has 2 aliphatic carbocycles. The molecule has 0 bridgehead atoms. The normalized spacial score (nSPS) is 35.0. The van der Waals surface area contributed by atoms with Gasteiger partial charge < -0.3 is 4.74 Å². The van der Waals surface area contributed by atoms with Crippen LogP contribution in [0.15, 0.2) is 36.2 Å². The van der Waals surface area contributed by atoms with Gasteiger partial charge in [0.25, 0.3) is 0 Å². The molecule has 1 nitrogen and oxygen atoms in total. The molecule has 0 N–H and O–H groups in total. The molecule has 1 heterocycles. The zero-order valence-corrected chi connectivity index (χ0v) is 19.0. The van der Waals surface area contributed by atoms with E-state index >= 15 is 0 Å². The summed E-state index contributed by atoms with van der Waals surface area (Å²) in [6.07, 6.45) is 5.80. The van der Waals surface area contributed by atoms with Crippen molar-refractivity contribution in [2.45, 2.75) is 95.2 Å². The molecule has 0 aromatic heterocycles. The van der Waals surface area contributed by atoms with Crippen LogP contribution in [0.25, 0.3) is 0 Å². The van der Waals surface area contributed by atoms with E-state index in [1.54, 1.807) is 0 Å². The van der Waals surface area contributed by atoms with E-state index in [0.29, 0.717) is 12.3 Å². The fraction of sp³-hybridized carbons (Fsp3) is 0.704. The van der Waals surface area contributed by atoms with Crippen LogP contribution in [-0.4, -0.2) is 18.9 Å². The highest BCUT2D eigenvalue weighted by molar-refractivity contribution is 5.28. The predicted molar refractivity (Wildman–Crippen MR) is 119 cm³/mol. The molecule has 3 aliphatic rings. The number of hydrogen-bond donors (Lipinski definition) is 0. The van der Waals surface area contributed by atoms with Crippen LogP contribution in [0.4, 0.5) is 17.6 Å². The average Bonchev–Trinajstić information content (AvgIpc) is 2.79. The zero-order chi connectivity index (χ0) is 22.7. The van der Waals surface area contributed by atoms with E-state index < -0.39 is 18.1 Å². The molecule has 0 amide bonds. The lowest BCUT2D eigenvalue weighted by molar-refractivity contribution is -0.0841. The van der Waals surface area contributed by atoms with E-state index in [9.17, 15) is 17.6 Å². The summed E-state index contributed by atoms with van der Waals surface area (Å²) in [5.74, 6) is 2.30. The molecular formula is C27H36F4O. The van der Waals surface area contributed by atoms with Gasteiger partial charge in [0, 0.05) is 5.92 Å². The Balaban J connectivity index is 1.26. The van der Waals surface area contributed by atoms with E-state index in [2.05, 4.69) is 31.2 Å². The first kappa shape index (κ1) is 23.8. The maximum atomic E-state index is 13.8. The quantitative estimate of drug-likeness (QED) is 0.416. The predicted octanol–water partition coefficient (Wildman–Crippen LogP) is 8.47. The molecule has 0 spiro atoms. The molecule has 2 saturated carbocycles. The fourth-order valence-corrected chi connectivity index (χ4v) is 6.20. The summed E-state index contributed by atoms with van der Waals surface area (Å²) >= 11 is 0. The number of rotatable bonds is 4. The topological polar surface area (TPSA) is 9.23 Å². The standard InChI is InChI=1S/C27H36F4O/c1-18-2-4-19(5-3-18)20-6-8-21(9-7-20)22-10-12-23(13-11-22)24-14-15-26(32-17-24)25(28)16-27(29,30)31/h10-13,16,18-21,24,26H,2-9,14-15,17H2,1H3/b25-16-. The average molecular weight is 453 g/mol. The highest BCUT2D eigenvalue weighted by Crippen LogP contribution is 2.44. The van der Waals surface area contributed by atoms with Gasteiger partial charge in [0.2, 0.25) is 0 Å². The van der Waals surface area contributed by atoms with E-state index in [1.807, 2.05) is 0 Å². The van der Waals surface area contributed by atoms with Crippen molar-refractivity contribution < 1.29 is 22.3 Å². The molecule has 2 unspecified atom stereocenters. The van der Waals surface area contributed by atoms with Crippen LogP contribution in [0.1, 0.15) is 94.1 Å². The van der Waals surface area contributed by atoms with Gasteiger partial charge in [0.1, 0.15) is 11.9 Å². The Morgan fingerprint density at radius 1 is 0.781 bits per heavy atom. The van der Waals surface area contributed by atoms with Gasteiger partial charge in [-0.15, -0.1) is 0 Å². The van der Waals surface area contributed by atoms with Gasteiger partial charge in [-0.25, -0.2) is 4.39 Å². The molecule has 178 valence electrons. The van der Waals surface area contributed by atoms with Crippen molar-refractivity contribution in [1.82, 2.24) is 0 Å². The van der Waals surface area contributed by atoms with Gasteiger partial charge in [-0.3, -0.25) is 0 Å². The molecule has 4 rings (SSSR count). The lowest BCUT2D eigenvalue weighted by atomic mass is 9.68. The first-order chi connectivity index (χ1) is 15.3. The first-order valence-corrected chi connectivity index (χ1v) is 12.4. The summed E-state index contributed by atoms with van der Waals surface area (Å²) in [5, 5.41) is 0. The molecule has 1 aliphatic heterocycles. The van der Waals surface area contributed by atoms with E-state index in [1.165, 1.54) is 56.9 Å². The summed E-state index contributed by atoms with van der Waals surface area (Å²) < 4.78 is 56.2. The zero-order valence-electron chi connectivity index (χ0n) is 19.0. The summed E-state index contributed by atoms with van der Waals surface area (Å²) in [7, 11) is 0. The van der Waals surface area contributed by atoms with Crippen molar-refractivity contribution in [3.05, 3.63) is 47.3 Å². The van der Waals surface area contributed by atoms with Crippen molar-refractivity contribution in [3.8, 4) is 0 Å². The molecule has 0 radical (unpaired) electrons. The molecule has 3 fully saturated rings. The largest absolute Gasteiger partial charge is 0.412 e.